The van der Waals surface area contributed by atoms with Gasteiger partial charge in [-0.15, -0.1) is 12.4 Å². The summed E-state index contributed by atoms with van der Waals surface area (Å²) in [6.07, 6.45) is 3.23. The Kier molecular flexibility index (Phi) is 6.47. The second kappa shape index (κ2) is 8.19. The molecule has 2 N–H and O–H groups in total. The molecule has 138 valence electrons. The Balaban J connectivity index is 0.00000225. The maximum absolute atomic E-state index is 12.6. The standard InChI is InChI=1S/C19H27N3O2.ClH/c1-3-22(14(2)23)13-15-5-4-6-16(11-15)21-18(24)17-12-19(17)7-9-20-10-8-19;/h4-6,11,17,20H,3,7-10,12-13H2,1-2H3,(H,21,24);1H. The SMILES string of the molecule is CCN(Cc1cccc(NC(=O)C2CC23CCNCC3)c1)C(C)=O.Cl. The van der Waals surface area contributed by atoms with Gasteiger partial charge in [0.05, 0.1) is 0 Å². The van der Waals surface area contributed by atoms with E-state index in [9.17, 15) is 9.59 Å². The Bertz CT molecular complexity index is 629. The summed E-state index contributed by atoms with van der Waals surface area (Å²) in [6.45, 7) is 6.87. The second-order valence-corrected chi connectivity index (χ2v) is 7.09. The lowest BCUT2D eigenvalue weighted by atomic mass is 9.92. The molecule has 25 heavy (non-hydrogen) atoms. The van der Waals surface area contributed by atoms with E-state index in [0.29, 0.717) is 13.1 Å². The number of nitrogens with zero attached hydrogens (tertiary/aromatic N) is 1. The molecule has 1 aliphatic heterocycles. The molecule has 5 nitrogen and oxygen atoms in total. The highest BCUT2D eigenvalue weighted by molar-refractivity contribution is 5.95. The van der Waals surface area contributed by atoms with Gasteiger partial charge in [0.1, 0.15) is 0 Å². The molecule has 2 fully saturated rings. The normalized spacial score (nSPS) is 20.5. The third kappa shape index (κ3) is 4.53. The summed E-state index contributed by atoms with van der Waals surface area (Å²) in [5, 5.41) is 6.44. The van der Waals surface area contributed by atoms with Gasteiger partial charge in [-0.3, -0.25) is 9.59 Å². The highest BCUT2D eigenvalue weighted by Crippen LogP contribution is 2.58. The molecule has 2 amide bonds. The van der Waals surface area contributed by atoms with Crippen molar-refractivity contribution in [2.24, 2.45) is 11.3 Å². The average molecular weight is 366 g/mol. The quantitative estimate of drug-likeness (QED) is 0.843. The van der Waals surface area contributed by atoms with Crippen LogP contribution < -0.4 is 10.6 Å². The van der Waals surface area contributed by atoms with Crippen LogP contribution in [0.25, 0.3) is 0 Å². The fraction of sp³-hybridized carbons (Fsp3) is 0.579. The summed E-state index contributed by atoms with van der Waals surface area (Å²) in [6, 6.07) is 7.82. The minimum atomic E-state index is 0. The van der Waals surface area contributed by atoms with Crippen LogP contribution in [0.4, 0.5) is 5.69 Å². The van der Waals surface area contributed by atoms with E-state index >= 15 is 0 Å². The monoisotopic (exact) mass is 365 g/mol. The van der Waals surface area contributed by atoms with Gasteiger partial charge in [0.15, 0.2) is 0 Å². The van der Waals surface area contributed by atoms with E-state index < -0.39 is 0 Å². The van der Waals surface area contributed by atoms with Gasteiger partial charge in [0.2, 0.25) is 11.8 Å². The zero-order valence-corrected chi connectivity index (χ0v) is 15.8. The third-order valence-corrected chi connectivity index (χ3v) is 5.50. The first kappa shape index (κ1) is 19.7. The van der Waals surface area contributed by atoms with Gasteiger partial charge in [0, 0.05) is 31.6 Å². The van der Waals surface area contributed by atoms with Crippen molar-refractivity contribution in [1.29, 1.82) is 0 Å². The van der Waals surface area contributed by atoms with Crippen LogP contribution in [0.5, 0.6) is 0 Å². The summed E-state index contributed by atoms with van der Waals surface area (Å²) >= 11 is 0. The predicted octanol–water partition coefficient (Wildman–Crippen LogP) is 2.81. The van der Waals surface area contributed by atoms with Crippen molar-refractivity contribution in [2.45, 2.75) is 39.7 Å². The first-order valence-electron chi connectivity index (χ1n) is 8.90. The summed E-state index contributed by atoms with van der Waals surface area (Å²) < 4.78 is 0. The Morgan fingerprint density at radius 1 is 1.32 bits per heavy atom. The second-order valence-electron chi connectivity index (χ2n) is 7.09. The fourth-order valence-electron chi connectivity index (χ4n) is 3.84. The van der Waals surface area contributed by atoms with E-state index in [2.05, 4.69) is 10.6 Å². The lowest BCUT2D eigenvalue weighted by Gasteiger charge is -2.23. The number of halogens is 1. The zero-order valence-electron chi connectivity index (χ0n) is 15.0. The number of benzene rings is 1. The number of carbonyl (C=O) groups excluding carboxylic acids is 2. The summed E-state index contributed by atoms with van der Waals surface area (Å²) in [4.78, 5) is 25.9. The molecule has 1 saturated carbocycles. The fourth-order valence-corrected chi connectivity index (χ4v) is 3.84. The number of anilines is 1. The van der Waals surface area contributed by atoms with Crippen molar-refractivity contribution >= 4 is 29.9 Å². The van der Waals surface area contributed by atoms with Crippen molar-refractivity contribution < 1.29 is 9.59 Å². The summed E-state index contributed by atoms with van der Waals surface area (Å²) in [5.74, 6) is 0.373. The van der Waals surface area contributed by atoms with Gasteiger partial charge in [-0.25, -0.2) is 0 Å². The van der Waals surface area contributed by atoms with Crippen LogP contribution in [0.2, 0.25) is 0 Å². The van der Waals surface area contributed by atoms with Gasteiger partial charge in [-0.1, -0.05) is 12.1 Å². The van der Waals surface area contributed by atoms with Crippen molar-refractivity contribution in [3.63, 3.8) is 0 Å². The third-order valence-electron chi connectivity index (χ3n) is 5.50. The lowest BCUT2D eigenvalue weighted by molar-refractivity contribution is -0.129. The molecule has 1 aromatic carbocycles. The van der Waals surface area contributed by atoms with Crippen molar-refractivity contribution in [2.75, 3.05) is 25.0 Å². The molecule has 1 aromatic rings. The molecule has 0 aromatic heterocycles. The topological polar surface area (TPSA) is 61.4 Å². The van der Waals surface area contributed by atoms with Crippen LogP contribution in [0.15, 0.2) is 24.3 Å². The van der Waals surface area contributed by atoms with Gasteiger partial charge < -0.3 is 15.5 Å². The zero-order chi connectivity index (χ0) is 17.2. The van der Waals surface area contributed by atoms with Crippen LogP contribution in [-0.2, 0) is 16.1 Å². The maximum atomic E-state index is 12.6. The summed E-state index contributed by atoms with van der Waals surface area (Å²) in [7, 11) is 0. The molecule has 3 rings (SSSR count). The van der Waals surface area contributed by atoms with Crippen molar-refractivity contribution in [3.05, 3.63) is 29.8 Å². The molecule has 1 saturated heterocycles. The van der Waals surface area contributed by atoms with E-state index in [1.54, 1.807) is 11.8 Å². The molecule has 1 heterocycles. The van der Waals surface area contributed by atoms with Crippen LogP contribution in [0.1, 0.15) is 38.7 Å². The molecule has 1 aliphatic carbocycles. The van der Waals surface area contributed by atoms with E-state index in [0.717, 1.165) is 43.6 Å². The average Bonchev–Trinajstić information content (AvgIpc) is 3.26. The maximum Gasteiger partial charge on any atom is 0.228 e. The smallest absolute Gasteiger partial charge is 0.228 e. The van der Waals surface area contributed by atoms with Gasteiger partial charge >= 0.3 is 0 Å². The molecule has 1 atom stereocenters. The highest BCUT2D eigenvalue weighted by atomic mass is 35.5. The largest absolute Gasteiger partial charge is 0.339 e. The van der Waals surface area contributed by atoms with E-state index in [-0.39, 0.29) is 35.6 Å². The number of nitrogens with one attached hydrogen (secondary N) is 2. The van der Waals surface area contributed by atoms with Gasteiger partial charge in [-0.2, -0.15) is 0 Å². The number of hydrogen-bond acceptors (Lipinski definition) is 3. The molecule has 0 radical (unpaired) electrons. The minimum absolute atomic E-state index is 0. The van der Waals surface area contributed by atoms with Crippen molar-refractivity contribution in [1.82, 2.24) is 10.2 Å². The number of piperidine rings is 1. The molecule has 1 unspecified atom stereocenters. The Morgan fingerprint density at radius 2 is 2.04 bits per heavy atom. The number of hydrogen-bond donors (Lipinski definition) is 2. The highest BCUT2D eigenvalue weighted by Gasteiger charge is 2.57. The first-order valence-corrected chi connectivity index (χ1v) is 8.90. The van der Waals surface area contributed by atoms with Crippen LogP contribution in [0.3, 0.4) is 0 Å². The van der Waals surface area contributed by atoms with E-state index in [1.165, 1.54) is 0 Å². The van der Waals surface area contributed by atoms with Gasteiger partial charge in [-0.05, 0) is 62.4 Å². The van der Waals surface area contributed by atoms with Gasteiger partial charge in [0.25, 0.3) is 0 Å². The number of rotatable bonds is 5. The molecule has 1 spiro atoms. The molecule has 6 heteroatoms. The molecular weight excluding hydrogens is 338 g/mol. The Hall–Kier alpha value is -1.59. The molecule has 2 aliphatic rings. The van der Waals surface area contributed by atoms with E-state index in [1.807, 2.05) is 31.2 Å². The minimum Gasteiger partial charge on any atom is -0.339 e. The van der Waals surface area contributed by atoms with E-state index in [4.69, 9.17) is 0 Å². The number of amides is 2. The summed E-state index contributed by atoms with van der Waals surface area (Å²) in [5.41, 5.74) is 2.12. The Morgan fingerprint density at radius 3 is 2.68 bits per heavy atom. The number of carbonyl (C=O) groups is 2. The van der Waals surface area contributed by atoms with Crippen molar-refractivity contribution in [3.8, 4) is 0 Å². The van der Waals surface area contributed by atoms with Crippen LogP contribution in [-0.4, -0.2) is 36.3 Å². The predicted molar refractivity (Wildman–Crippen MR) is 102 cm³/mol. The van der Waals surface area contributed by atoms with Crippen LogP contribution in [0, 0.1) is 11.3 Å². The molecular formula is C19H28ClN3O2. The van der Waals surface area contributed by atoms with Crippen LogP contribution >= 0.6 is 12.4 Å². The lowest BCUT2D eigenvalue weighted by Crippen LogP contribution is -2.31. The molecule has 0 bridgehead atoms. The Labute approximate surface area is 155 Å². The first-order chi connectivity index (χ1) is 11.5.